The molecule has 1 aromatic heterocycles. The molecule has 0 spiro atoms. The van der Waals surface area contributed by atoms with Gasteiger partial charge in [0.05, 0.1) is 12.1 Å². The minimum Gasteiger partial charge on any atom is -0.376 e. The second-order valence-electron chi connectivity index (χ2n) is 5.46. The molecule has 1 saturated heterocycles. The first-order valence-corrected chi connectivity index (χ1v) is 7.81. The molecular formula is C16H25N3O2. The molecular weight excluding hydrogens is 266 g/mol. The van der Waals surface area contributed by atoms with E-state index < -0.39 is 0 Å². The van der Waals surface area contributed by atoms with Crippen molar-refractivity contribution < 1.29 is 9.53 Å². The zero-order chi connectivity index (χ0) is 15.2. The van der Waals surface area contributed by atoms with Gasteiger partial charge in [-0.1, -0.05) is 13.3 Å². The second kappa shape index (κ2) is 7.41. The van der Waals surface area contributed by atoms with Crippen LogP contribution in [0.1, 0.15) is 49.7 Å². The first kappa shape index (κ1) is 15.8. The fraction of sp³-hybridized carbons (Fsp3) is 0.625. The Labute approximate surface area is 126 Å². The third kappa shape index (κ3) is 4.17. The summed E-state index contributed by atoms with van der Waals surface area (Å²) in [6, 6.07) is 3.81. The quantitative estimate of drug-likeness (QED) is 0.844. The number of hydrogen-bond donors (Lipinski definition) is 2. The summed E-state index contributed by atoms with van der Waals surface area (Å²) in [7, 11) is 0. The molecule has 0 aliphatic carbocycles. The summed E-state index contributed by atoms with van der Waals surface area (Å²) in [4.78, 5) is 17.0. The number of carbonyl (C=O) groups is 1. The highest BCUT2D eigenvalue weighted by atomic mass is 16.5. The topological polar surface area (TPSA) is 63.2 Å². The minimum atomic E-state index is -0.0451. The highest BCUT2D eigenvalue weighted by Crippen LogP contribution is 2.16. The number of hydrogen-bond acceptors (Lipinski definition) is 4. The van der Waals surface area contributed by atoms with Crippen LogP contribution in [0.3, 0.4) is 0 Å². The average Bonchev–Trinajstić information content (AvgIpc) is 2.85. The predicted molar refractivity (Wildman–Crippen MR) is 83.7 cm³/mol. The smallest absolute Gasteiger partial charge is 0.251 e. The highest BCUT2D eigenvalue weighted by molar-refractivity contribution is 5.95. The molecule has 1 fully saturated rings. The summed E-state index contributed by atoms with van der Waals surface area (Å²) in [5.41, 5.74) is 1.63. The Morgan fingerprint density at radius 1 is 1.43 bits per heavy atom. The summed E-state index contributed by atoms with van der Waals surface area (Å²) in [5.74, 6) is 0.723. The van der Waals surface area contributed by atoms with Crippen LogP contribution in [0, 0.1) is 0 Å². The van der Waals surface area contributed by atoms with Gasteiger partial charge in [-0.15, -0.1) is 0 Å². The van der Waals surface area contributed by atoms with Gasteiger partial charge < -0.3 is 15.4 Å². The van der Waals surface area contributed by atoms with Crippen LogP contribution in [0.2, 0.25) is 0 Å². The molecule has 0 aromatic carbocycles. The van der Waals surface area contributed by atoms with Crippen LogP contribution < -0.4 is 10.6 Å². The van der Waals surface area contributed by atoms with Gasteiger partial charge in [0.25, 0.3) is 5.91 Å². The normalized spacial score (nSPS) is 21.3. The number of nitrogens with zero attached hydrogens (tertiary/aromatic N) is 1. The Hall–Kier alpha value is -1.62. The Balaban J connectivity index is 2.14. The first-order valence-electron chi connectivity index (χ1n) is 7.81. The van der Waals surface area contributed by atoms with E-state index in [0.29, 0.717) is 12.2 Å². The zero-order valence-electron chi connectivity index (χ0n) is 13.1. The van der Waals surface area contributed by atoms with Crippen LogP contribution in [0.25, 0.3) is 0 Å². The summed E-state index contributed by atoms with van der Waals surface area (Å²) >= 11 is 0. The summed E-state index contributed by atoms with van der Waals surface area (Å²) < 4.78 is 5.49. The zero-order valence-corrected chi connectivity index (χ0v) is 13.1. The van der Waals surface area contributed by atoms with E-state index in [9.17, 15) is 4.79 Å². The number of aryl methyl sites for hydroxylation is 1. The molecule has 21 heavy (non-hydrogen) atoms. The number of carbonyl (C=O) groups excluding carboxylic acids is 1. The van der Waals surface area contributed by atoms with E-state index in [2.05, 4.69) is 22.5 Å². The minimum absolute atomic E-state index is 0.0451. The molecule has 1 amide bonds. The van der Waals surface area contributed by atoms with Gasteiger partial charge in [-0.3, -0.25) is 4.79 Å². The maximum absolute atomic E-state index is 12.4. The van der Waals surface area contributed by atoms with Crippen LogP contribution in [-0.2, 0) is 11.2 Å². The lowest BCUT2D eigenvalue weighted by atomic mass is 10.1. The average molecular weight is 291 g/mol. The van der Waals surface area contributed by atoms with E-state index in [0.717, 1.165) is 37.3 Å². The third-order valence-electron chi connectivity index (χ3n) is 3.70. The van der Waals surface area contributed by atoms with E-state index in [4.69, 9.17) is 4.74 Å². The molecule has 5 heteroatoms. The predicted octanol–water partition coefficient (Wildman–Crippen LogP) is 2.37. The van der Waals surface area contributed by atoms with Crippen molar-refractivity contribution in [3.8, 4) is 0 Å². The van der Waals surface area contributed by atoms with Crippen molar-refractivity contribution in [3.63, 3.8) is 0 Å². The van der Waals surface area contributed by atoms with Gasteiger partial charge in [0.1, 0.15) is 5.82 Å². The van der Waals surface area contributed by atoms with Crippen molar-refractivity contribution in [2.24, 2.45) is 0 Å². The van der Waals surface area contributed by atoms with Crippen LogP contribution in [-0.4, -0.2) is 36.2 Å². The molecule has 2 heterocycles. The van der Waals surface area contributed by atoms with Gasteiger partial charge in [-0.25, -0.2) is 4.98 Å². The van der Waals surface area contributed by atoms with Gasteiger partial charge >= 0.3 is 0 Å². The molecule has 1 aromatic rings. The van der Waals surface area contributed by atoms with Crippen LogP contribution in [0.4, 0.5) is 5.82 Å². The third-order valence-corrected chi connectivity index (χ3v) is 3.70. The van der Waals surface area contributed by atoms with E-state index in [1.54, 1.807) is 0 Å². The van der Waals surface area contributed by atoms with Gasteiger partial charge in [-0.05, 0) is 38.8 Å². The Bertz CT molecular complexity index is 466. The Morgan fingerprint density at radius 3 is 2.86 bits per heavy atom. The summed E-state index contributed by atoms with van der Waals surface area (Å²) in [6.07, 6.45) is 2.85. The van der Waals surface area contributed by atoms with Crippen molar-refractivity contribution in [2.45, 2.75) is 52.2 Å². The molecule has 1 aliphatic heterocycles. The molecule has 2 rings (SSSR count). The number of nitrogens with one attached hydrogen (secondary N) is 2. The van der Waals surface area contributed by atoms with E-state index >= 15 is 0 Å². The molecule has 116 valence electrons. The van der Waals surface area contributed by atoms with E-state index in [1.165, 1.54) is 0 Å². The summed E-state index contributed by atoms with van der Waals surface area (Å²) in [6.45, 7) is 7.63. The summed E-state index contributed by atoms with van der Waals surface area (Å²) in [5, 5.41) is 6.25. The molecule has 0 saturated carbocycles. The largest absolute Gasteiger partial charge is 0.376 e. The Kier molecular flexibility index (Phi) is 5.56. The first-order chi connectivity index (χ1) is 10.1. The second-order valence-corrected chi connectivity index (χ2v) is 5.46. The van der Waals surface area contributed by atoms with E-state index in [-0.39, 0.29) is 18.1 Å². The molecule has 0 bridgehead atoms. The number of anilines is 1. The van der Waals surface area contributed by atoms with Gasteiger partial charge in [0.15, 0.2) is 0 Å². The molecule has 2 unspecified atom stereocenters. The number of ether oxygens (including phenoxy) is 1. The van der Waals surface area contributed by atoms with E-state index in [1.807, 2.05) is 26.0 Å². The molecule has 5 nitrogen and oxygen atoms in total. The SMILES string of the molecule is CCCc1cc(C(=O)NC2CCOC2C)cc(NCC)n1. The standard InChI is InChI=1S/C16H25N3O2/c1-4-6-13-9-12(10-15(18-13)17-5-2)16(20)19-14-7-8-21-11(14)3/h9-11,14H,4-8H2,1-3H3,(H,17,18)(H,19,20). The van der Waals surface area contributed by atoms with Crippen molar-refractivity contribution in [2.75, 3.05) is 18.5 Å². The molecule has 2 N–H and O–H groups in total. The maximum Gasteiger partial charge on any atom is 0.251 e. The highest BCUT2D eigenvalue weighted by Gasteiger charge is 2.26. The maximum atomic E-state index is 12.4. The Morgan fingerprint density at radius 2 is 2.24 bits per heavy atom. The lowest BCUT2D eigenvalue weighted by molar-refractivity contribution is 0.0866. The monoisotopic (exact) mass is 291 g/mol. The van der Waals surface area contributed by atoms with Crippen molar-refractivity contribution in [3.05, 3.63) is 23.4 Å². The van der Waals surface area contributed by atoms with Crippen LogP contribution in [0.15, 0.2) is 12.1 Å². The van der Waals surface area contributed by atoms with Crippen LogP contribution in [0.5, 0.6) is 0 Å². The number of aromatic nitrogens is 1. The van der Waals surface area contributed by atoms with Gasteiger partial charge in [0.2, 0.25) is 0 Å². The lowest BCUT2D eigenvalue weighted by Crippen LogP contribution is -2.39. The molecule has 2 atom stereocenters. The van der Waals surface area contributed by atoms with Crippen molar-refractivity contribution in [1.82, 2.24) is 10.3 Å². The lowest BCUT2D eigenvalue weighted by Gasteiger charge is -2.17. The van der Waals surface area contributed by atoms with Crippen LogP contribution >= 0.6 is 0 Å². The molecule has 0 radical (unpaired) electrons. The van der Waals surface area contributed by atoms with Crippen molar-refractivity contribution >= 4 is 11.7 Å². The fourth-order valence-corrected chi connectivity index (χ4v) is 2.55. The number of pyridine rings is 1. The van der Waals surface area contributed by atoms with Gasteiger partial charge in [0, 0.05) is 24.4 Å². The number of amides is 1. The molecule has 1 aliphatic rings. The van der Waals surface area contributed by atoms with Crippen molar-refractivity contribution in [1.29, 1.82) is 0 Å². The number of rotatable bonds is 6. The fourth-order valence-electron chi connectivity index (χ4n) is 2.55. The van der Waals surface area contributed by atoms with Gasteiger partial charge in [-0.2, -0.15) is 0 Å².